The number of hydrogen-bond acceptors (Lipinski definition) is 2. The molecule has 0 unspecified atom stereocenters. The van der Waals surface area contributed by atoms with Gasteiger partial charge in [-0.25, -0.2) is 4.79 Å². The van der Waals surface area contributed by atoms with Crippen molar-refractivity contribution in [3.05, 3.63) is 0 Å². The summed E-state index contributed by atoms with van der Waals surface area (Å²) >= 11 is 0. The van der Waals surface area contributed by atoms with Gasteiger partial charge < -0.3 is 15.1 Å². The van der Waals surface area contributed by atoms with Gasteiger partial charge in [0.15, 0.2) is 0 Å². The monoisotopic (exact) mass is 173 g/mol. The van der Waals surface area contributed by atoms with Gasteiger partial charge in [0.25, 0.3) is 0 Å². The molecule has 0 heterocycles. The van der Waals surface area contributed by atoms with Crippen LogP contribution in [0, 0.1) is 0 Å². The van der Waals surface area contributed by atoms with Crippen molar-refractivity contribution in [3.8, 4) is 0 Å². The molecule has 0 saturated heterocycles. The van der Waals surface area contributed by atoms with E-state index in [0.29, 0.717) is 6.54 Å². The second-order valence-corrected chi connectivity index (χ2v) is 3.02. The van der Waals surface area contributed by atoms with Crippen LogP contribution in [0.2, 0.25) is 0 Å². The van der Waals surface area contributed by atoms with Crippen molar-refractivity contribution < 1.29 is 4.79 Å². The van der Waals surface area contributed by atoms with Gasteiger partial charge in [-0.3, -0.25) is 0 Å². The molecule has 0 rings (SSSR count). The smallest absolute Gasteiger partial charge is 0.316 e. The molecule has 0 aromatic carbocycles. The van der Waals surface area contributed by atoms with Crippen LogP contribution in [0.1, 0.15) is 6.92 Å². The van der Waals surface area contributed by atoms with Gasteiger partial charge >= 0.3 is 6.03 Å². The molecule has 72 valence electrons. The summed E-state index contributed by atoms with van der Waals surface area (Å²) in [7, 11) is 5.50. The average molecular weight is 173 g/mol. The topological polar surface area (TPSA) is 35.6 Å². The van der Waals surface area contributed by atoms with Crippen molar-refractivity contribution in [2.24, 2.45) is 0 Å². The second kappa shape index (κ2) is 5.83. The number of carbonyl (C=O) groups excluding carboxylic acids is 1. The standard InChI is InChI=1S/C8H19N3O/c1-5-11(4)7-6-9-8(12)10(2)3/h5-7H2,1-4H3,(H,9,12). The minimum atomic E-state index is -0.0282. The highest BCUT2D eigenvalue weighted by molar-refractivity contribution is 5.73. The number of hydrogen-bond donors (Lipinski definition) is 1. The first-order chi connectivity index (χ1) is 5.57. The fourth-order valence-corrected chi connectivity index (χ4v) is 0.670. The van der Waals surface area contributed by atoms with Gasteiger partial charge in [-0.2, -0.15) is 0 Å². The lowest BCUT2D eigenvalue weighted by atomic mass is 10.5. The predicted molar refractivity (Wildman–Crippen MR) is 50.3 cm³/mol. The van der Waals surface area contributed by atoms with Gasteiger partial charge in [0.1, 0.15) is 0 Å². The number of urea groups is 1. The van der Waals surface area contributed by atoms with Crippen LogP contribution in [0.3, 0.4) is 0 Å². The van der Waals surface area contributed by atoms with E-state index in [4.69, 9.17) is 0 Å². The van der Waals surface area contributed by atoms with E-state index in [-0.39, 0.29) is 6.03 Å². The van der Waals surface area contributed by atoms with E-state index in [1.807, 2.05) is 7.05 Å². The molecule has 4 nitrogen and oxygen atoms in total. The maximum atomic E-state index is 11.0. The fourth-order valence-electron chi connectivity index (χ4n) is 0.670. The van der Waals surface area contributed by atoms with E-state index in [1.54, 1.807) is 14.1 Å². The summed E-state index contributed by atoms with van der Waals surface area (Å²) in [6.07, 6.45) is 0. The molecule has 0 fully saturated rings. The molecule has 0 aliphatic carbocycles. The summed E-state index contributed by atoms with van der Waals surface area (Å²) in [6.45, 7) is 4.71. The van der Waals surface area contributed by atoms with Gasteiger partial charge in [0, 0.05) is 27.2 Å². The Kier molecular flexibility index (Phi) is 5.45. The zero-order valence-corrected chi connectivity index (χ0v) is 8.42. The molecule has 12 heavy (non-hydrogen) atoms. The molecule has 0 spiro atoms. The van der Waals surface area contributed by atoms with Crippen LogP contribution in [0.5, 0.6) is 0 Å². The Balaban J connectivity index is 3.37. The quantitative estimate of drug-likeness (QED) is 0.659. The molecule has 2 amide bonds. The average Bonchev–Trinajstić information content (AvgIpc) is 2.03. The van der Waals surface area contributed by atoms with Crippen molar-refractivity contribution in [3.63, 3.8) is 0 Å². The fraction of sp³-hybridized carbons (Fsp3) is 0.875. The number of nitrogens with zero attached hydrogens (tertiary/aromatic N) is 2. The lowest BCUT2D eigenvalue weighted by Gasteiger charge is -2.16. The molecule has 0 bridgehead atoms. The Labute approximate surface area is 74.5 Å². The van der Waals surface area contributed by atoms with Gasteiger partial charge in [0.2, 0.25) is 0 Å². The van der Waals surface area contributed by atoms with Crippen molar-refractivity contribution >= 4 is 6.03 Å². The molecule has 0 aliphatic rings. The predicted octanol–water partition coefficient (Wildman–Crippen LogP) is 0.209. The van der Waals surface area contributed by atoms with Crippen molar-refractivity contribution in [2.75, 3.05) is 40.8 Å². The third-order valence-corrected chi connectivity index (χ3v) is 1.72. The summed E-state index contributed by atoms with van der Waals surface area (Å²) in [6, 6.07) is -0.0282. The van der Waals surface area contributed by atoms with E-state index >= 15 is 0 Å². The van der Waals surface area contributed by atoms with Gasteiger partial charge in [0.05, 0.1) is 0 Å². The summed E-state index contributed by atoms with van der Waals surface area (Å²) < 4.78 is 0. The van der Waals surface area contributed by atoms with Crippen LogP contribution < -0.4 is 5.32 Å². The molecule has 0 atom stereocenters. The summed E-state index contributed by atoms with van der Waals surface area (Å²) in [5.41, 5.74) is 0. The molecule has 0 radical (unpaired) electrons. The van der Waals surface area contributed by atoms with E-state index < -0.39 is 0 Å². The van der Waals surface area contributed by atoms with Gasteiger partial charge in [-0.05, 0) is 13.6 Å². The highest BCUT2D eigenvalue weighted by Crippen LogP contribution is 1.80. The molecule has 4 heteroatoms. The van der Waals surface area contributed by atoms with Crippen LogP contribution in [0.25, 0.3) is 0 Å². The Morgan fingerprint density at radius 3 is 2.33 bits per heavy atom. The first kappa shape index (κ1) is 11.2. The van der Waals surface area contributed by atoms with Crippen LogP contribution >= 0.6 is 0 Å². The third-order valence-electron chi connectivity index (χ3n) is 1.72. The number of carbonyl (C=O) groups is 1. The molecule has 1 N–H and O–H groups in total. The second-order valence-electron chi connectivity index (χ2n) is 3.02. The van der Waals surface area contributed by atoms with Crippen LogP contribution in [0.15, 0.2) is 0 Å². The molecule has 0 saturated carbocycles. The Morgan fingerprint density at radius 1 is 1.33 bits per heavy atom. The first-order valence-corrected chi connectivity index (χ1v) is 4.21. The minimum absolute atomic E-state index is 0.0282. The number of nitrogens with one attached hydrogen (secondary N) is 1. The zero-order valence-electron chi connectivity index (χ0n) is 8.42. The molecular weight excluding hydrogens is 154 g/mol. The Morgan fingerprint density at radius 2 is 1.92 bits per heavy atom. The first-order valence-electron chi connectivity index (χ1n) is 4.21. The lowest BCUT2D eigenvalue weighted by molar-refractivity contribution is 0.215. The Hall–Kier alpha value is -0.770. The highest BCUT2D eigenvalue weighted by atomic mass is 16.2. The molecular formula is C8H19N3O. The van der Waals surface area contributed by atoms with E-state index in [2.05, 4.69) is 17.1 Å². The summed E-state index contributed by atoms with van der Waals surface area (Å²) in [4.78, 5) is 14.7. The largest absolute Gasteiger partial charge is 0.337 e. The van der Waals surface area contributed by atoms with Crippen molar-refractivity contribution in [1.29, 1.82) is 0 Å². The highest BCUT2D eigenvalue weighted by Gasteiger charge is 2.01. The SMILES string of the molecule is CCN(C)CCNC(=O)N(C)C. The van der Waals surface area contributed by atoms with Crippen molar-refractivity contribution in [1.82, 2.24) is 15.1 Å². The normalized spacial score (nSPS) is 10.1. The van der Waals surface area contributed by atoms with Gasteiger partial charge in [-0.15, -0.1) is 0 Å². The molecule has 0 aliphatic heterocycles. The number of amides is 2. The maximum Gasteiger partial charge on any atom is 0.316 e. The molecule has 0 aromatic rings. The number of rotatable bonds is 4. The van der Waals surface area contributed by atoms with E-state index in [0.717, 1.165) is 13.1 Å². The van der Waals surface area contributed by atoms with Crippen LogP contribution in [-0.2, 0) is 0 Å². The van der Waals surface area contributed by atoms with Crippen LogP contribution in [-0.4, -0.2) is 56.6 Å². The van der Waals surface area contributed by atoms with Crippen LogP contribution in [0.4, 0.5) is 4.79 Å². The number of likely N-dealkylation sites (N-methyl/N-ethyl adjacent to an activating group) is 1. The summed E-state index contributed by atoms with van der Waals surface area (Å²) in [5, 5.41) is 2.79. The third kappa shape index (κ3) is 4.96. The Bertz CT molecular complexity index is 136. The van der Waals surface area contributed by atoms with Gasteiger partial charge in [-0.1, -0.05) is 6.92 Å². The maximum absolute atomic E-state index is 11.0. The lowest BCUT2D eigenvalue weighted by Crippen LogP contribution is -2.38. The van der Waals surface area contributed by atoms with E-state index in [9.17, 15) is 4.79 Å². The molecule has 0 aromatic heterocycles. The van der Waals surface area contributed by atoms with E-state index in [1.165, 1.54) is 4.90 Å². The van der Waals surface area contributed by atoms with Crippen molar-refractivity contribution in [2.45, 2.75) is 6.92 Å². The summed E-state index contributed by atoms with van der Waals surface area (Å²) in [5.74, 6) is 0. The zero-order chi connectivity index (χ0) is 9.56. The minimum Gasteiger partial charge on any atom is -0.337 e.